The maximum atomic E-state index is 8.99. The van der Waals surface area contributed by atoms with Crippen molar-refractivity contribution in [1.29, 1.82) is 0 Å². The van der Waals surface area contributed by atoms with Gasteiger partial charge in [-0.1, -0.05) is 13.8 Å². The van der Waals surface area contributed by atoms with Crippen LogP contribution in [0.3, 0.4) is 0 Å². The Kier molecular flexibility index (Phi) is 4.72. The highest BCUT2D eigenvalue weighted by molar-refractivity contribution is 4.58. The lowest BCUT2D eigenvalue weighted by molar-refractivity contribution is 0.115. The van der Waals surface area contributed by atoms with Gasteiger partial charge in [0.15, 0.2) is 0 Å². The molecule has 55 valence electrons. The minimum absolute atomic E-state index is 0.306. The summed E-state index contributed by atoms with van der Waals surface area (Å²) in [6, 6.07) is 0.306. The summed E-state index contributed by atoms with van der Waals surface area (Å²) in [5.74, 6) is 0. The van der Waals surface area contributed by atoms with E-state index in [1.807, 2.05) is 13.8 Å². The van der Waals surface area contributed by atoms with Gasteiger partial charge < -0.3 is 5.11 Å². The van der Waals surface area contributed by atoms with Gasteiger partial charge in [-0.05, 0) is 19.8 Å². The number of rotatable bonds is 4. The summed E-state index contributed by atoms with van der Waals surface area (Å²) in [7, 11) is 0. The van der Waals surface area contributed by atoms with E-state index in [0.717, 1.165) is 12.8 Å². The smallest absolute Gasteiger partial charge is 0.120 e. The Morgan fingerprint density at radius 3 is 2.22 bits per heavy atom. The van der Waals surface area contributed by atoms with E-state index in [1.165, 1.54) is 0 Å². The van der Waals surface area contributed by atoms with Crippen molar-refractivity contribution >= 4 is 0 Å². The fourth-order valence-electron chi connectivity index (χ4n) is 0.505. The van der Waals surface area contributed by atoms with Crippen LogP contribution < -0.4 is 5.32 Å². The summed E-state index contributed by atoms with van der Waals surface area (Å²) < 4.78 is 0. The first-order valence-corrected chi connectivity index (χ1v) is 3.58. The third kappa shape index (κ3) is 4.43. The van der Waals surface area contributed by atoms with Crippen LogP contribution in [0.1, 0.15) is 33.6 Å². The molecule has 2 atom stereocenters. The lowest BCUT2D eigenvalue weighted by Crippen LogP contribution is -2.28. The van der Waals surface area contributed by atoms with Gasteiger partial charge in [0, 0.05) is 6.04 Å². The quantitative estimate of drug-likeness (QED) is 0.608. The first-order valence-electron chi connectivity index (χ1n) is 3.58. The molecule has 0 aromatic carbocycles. The monoisotopic (exact) mass is 130 g/mol. The average Bonchev–Trinajstić information content (AvgIpc) is 1.87. The van der Waals surface area contributed by atoms with Crippen molar-refractivity contribution in [3.63, 3.8) is 0 Å². The average molecular weight is 130 g/mol. The summed E-state index contributed by atoms with van der Waals surface area (Å²) in [5, 5.41) is 13.1. The van der Waals surface area contributed by atoms with Gasteiger partial charge >= 0.3 is 0 Å². The fourth-order valence-corrected chi connectivity index (χ4v) is 0.505. The predicted molar refractivity (Wildman–Crippen MR) is 38.2 cm³/mol. The van der Waals surface area contributed by atoms with Crippen molar-refractivity contribution in [3.05, 3.63) is 0 Å². The molecule has 0 fully saturated rings. The van der Waals surface area contributed by atoms with Crippen molar-refractivity contribution in [1.82, 2.24) is 5.32 Å². The van der Waals surface area contributed by atoms with E-state index in [-0.39, 0.29) is 0 Å². The van der Waals surface area contributed by atoms with Crippen LogP contribution in [0.15, 0.2) is 0 Å². The van der Waals surface area contributed by atoms with E-state index in [9.17, 15) is 0 Å². The van der Waals surface area contributed by atoms with Gasteiger partial charge in [-0.2, -0.15) is 0 Å². The van der Waals surface area contributed by atoms with Gasteiger partial charge in [0.25, 0.3) is 0 Å². The number of hydrogen-bond donors (Lipinski definition) is 1. The Labute approximate surface area is 57.3 Å². The second kappa shape index (κ2) is 4.77. The van der Waals surface area contributed by atoms with E-state index in [0.29, 0.717) is 6.04 Å². The minimum atomic E-state index is -0.444. The van der Waals surface area contributed by atoms with Crippen LogP contribution in [0.25, 0.3) is 0 Å². The van der Waals surface area contributed by atoms with Crippen LogP contribution in [-0.2, 0) is 0 Å². The van der Waals surface area contributed by atoms with Crippen LogP contribution in [0.4, 0.5) is 0 Å². The summed E-state index contributed by atoms with van der Waals surface area (Å²) in [5.41, 5.74) is 0. The lowest BCUT2D eigenvalue weighted by Gasteiger charge is -2.12. The molecule has 0 bridgehead atoms. The van der Waals surface area contributed by atoms with Crippen molar-refractivity contribution < 1.29 is 5.11 Å². The number of aliphatic hydroxyl groups excluding tert-OH is 1. The second-order valence-electron chi connectivity index (χ2n) is 2.30. The van der Waals surface area contributed by atoms with E-state index in [1.54, 1.807) is 0 Å². The molecule has 0 aliphatic rings. The lowest BCUT2D eigenvalue weighted by atomic mass is 10.2. The SMILES string of the molecule is CCC(C)[N]C(O)CC. The van der Waals surface area contributed by atoms with Gasteiger partial charge in [0.05, 0.1) is 0 Å². The topological polar surface area (TPSA) is 34.3 Å². The first kappa shape index (κ1) is 8.92. The molecule has 0 heterocycles. The largest absolute Gasteiger partial charge is 0.377 e. The maximum Gasteiger partial charge on any atom is 0.120 e. The Hall–Kier alpha value is -0.0800. The number of aliphatic hydroxyl groups is 1. The molecule has 0 aromatic heterocycles. The van der Waals surface area contributed by atoms with Crippen molar-refractivity contribution in [3.8, 4) is 0 Å². The molecular weight excluding hydrogens is 114 g/mol. The molecule has 0 aliphatic carbocycles. The van der Waals surface area contributed by atoms with E-state index >= 15 is 0 Å². The standard InChI is InChI=1S/C7H16NO/c1-4-6(3)8-7(9)5-2/h6-7,9H,4-5H2,1-3H3. The molecule has 2 heteroatoms. The van der Waals surface area contributed by atoms with Gasteiger partial charge in [0.1, 0.15) is 6.23 Å². The van der Waals surface area contributed by atoms with Crippen molar-refractivity contribution in [2.75, 3.05) is 0 Å². The molecule has 1 N–H and O–H groups in total. The molecule has 0 saturated heterocycles. The first-order chi connectivity index (χ1) is 4.20. The van der Waals surface area contributed by atoms with Crippen LogP contribution in [0, 0.1) is 0 Å². The third-order valence-corrected chi connectivity index (χ3v) is 1.38. The summed E-state index contributed by atoms with van der Waals surface area (Å²) in [6.45, 7) is 6.01. The van der Waals surface area contributed by atoms with Gasteiger partial charge in [-0.25, -0.2) is 5.32 Å². The number of nitrogens with zero attached hydrogens (tertiary/aromatic N) is 1. The molecule has 0 amide bonds. The van der Waals surface area contributed by atoms with E-state index < -0.39 is 6.23 Å². The fraction of sp³-hybridized carbons (Fsp3) is 1.00. The van der Waals surface area contributed by atoms with Crippen molar-refractivity contribution in [2.45, 2.75) is 45.9 Å². The predicted octanol–water partition coefficient (Wildman–Crippen LogP) is 1.12. The van der Waals surface area contributed by atoms with Gasteiger partial charge in [-0.3, -0.25) is 0 Å². The van der Waals surface area contributed by atoms with Crippen LogP contribution in [0.2, 0.25) is 0 Å². The van der Waals surface area contributed by atoms with Crippen LogP contribution in [0.5, 0.6) is 0 Å². The van der Waals surface area contributed by atoms with Crippen molar-refractivity contribution in [2.24, 2.45) is 0 Å². The highest BCUT2D eigenvalue weighted by Gasteiger charge is 2.04. The normalized spacial score (nSPS) is 17.3. The van der Waals surface area contributed by atoms with Crippen LogP contribution in [-0.4, -0.2) is 17.4 Å². The maximum absolute atomic E-state index is 8.99. The Balaban J connectivity index is 3.22. The Morgan fingerprint density at radius 1 is 1.33 bits per heavy atom. The minimum Gasteiger partial charge on any atom is -0.377 e. The molecular formula is C7H16NO. The molecule has 0 aliphatic heterocycles. The summed E-state index contributed by atoms with van der Waals surface area (Å²) in [4.78, 5) is 0. The van der Waals surface area contributed by atoms with Crippen LogP contribution >= 0.6 is 0 Å². The molecule has 0 saturated carbocycles. The Morgan fingerprint density at radius 2 is 1.89 bits per heavy atom. The third-order valence-electron chi connectivity index (χ3n) is 1.38. The Bertz CT molecular complexity index is 57.9. The summed E-state index contributed by atoms with van der Waals surface area (Å²) in [6.07, 6.45) is 1.29. The molecule has 2 unspecified atom stereocenters. The molecule has 0 spiro atoms. The van der Waals surface area contributed by atoms with E-state index in [2.05, 4.69) is 12.2 Å². The highest BCUT2D eigenvalue weighted by Crippen LogP contribution is 1.94. The zero-order valence-electron chi connectivity index (χ0n) is 6.46. The number of hydrogen-bond acceptors (Lipinski definition) is 1. The molecule has 0 aromatic rings. The van der Waals surface area contributed by atoms with Gasteiger partial charge in [0.2, 0.25) is 0 Å². The van der Waals surface area contributed by atoms with Gasteiger partial charge in [-0.15, -0.1) is 0 Å². The molecule has 9 heavy (non-hydrogen) atoms. The molecule has 1 radical (unpaired) electrons. The second-order valence-corrected chi connectivity index (χ2v) is 2.30. The van der Waals surface area contributed by atoms with E-state index in [4.69, 9.17) is 5.11 Å². The summed E-state index contributed by atoms with van der Waals surface area (Å²) >= 11 is 0. The molecule has 2 nitrogen and oxygen atoms in total. The zero-order valence-corrected chi connectivity index (χ0v) is 6.46. The highest BCUT2D eigenvalue weighted by atomic mass is 16.3. The zero-order chi connectivity index (χ0) is 7.28. The molecule has 0 rings (SSSR count).